The molecule has 0 bridgehead atoms. The van der Waals surface area contributed by atoms with Crippen LogP contribution in [0, 0.1) is 0 Å². The molecule has 0 amide bonds. The smallest absolute Gasteiger partial charge is 0.0759 e. The van der Waals surface area contributed by atoms with Gasteiger partial charge in [0.1, 0.15) is 0 Å². The van der Waals surface area contributed by atoms with Gasteiger partial charge in [-0.15, -0.1) is 0 Å². The van der Waals surface area contributed by atoms with Crippen LogP contribution >= 0.6 is 0 Å². The van der Waals surface area contributed by atoms with Crippen LogP contribution in [-0.4, -0.2) is 4.98 Å². The van der Waals surface area contributed by atoms with Crippen molar-refractivity contribution < 1.29 is 0 Å². The maximum Gasteiger partial charge on any atom is 0.0759 e. The first-order valence-electron chi connectivity index (χ1n) is 14.3. The predicted octanol–water partition coefficient (Wildman–Crippen LogP) is 10.7. The summed E-state index contributed by atoms with van der Waals surface area (Å²) in [6, 6.07) is 50.6. The first kappa shape index (κ1) is 23.8. The van der Waals surface area contributed by atoms with Crippen molar-refractivity contribution in [2.24, 2.45) is 0 Å². The van der Waals surface area contributed by atoms with E-state index in [2.05, 4.69) is 153 Å². The Morgan fingerprint density at radius 3 is 1.98 bits per heavy atom. The highest BCUT2D eigenvalue weighted by Gasteiger charge is 2.39. The standard InChI is InChI=1S/C40H29N/c1-40(2)35-16-7-5-14-33(35)39-38(40)37(34-15-6-8-17-36(34)41-39)28-21-18-27(19-22-28)30-12-9-13-31(24-30)32-23-20-26-10-3-4-11-29(26)25-32/h3-25H,1-2H3. The number of fused-ring (bicyclic) bond motifs is 5. The van der Waals surface area contributed by atoms with E-state index in [1.54, 1.807) is 0 Å². The largest absolute Gasteiger partial charge is 0.247 e. The quantitative estimate of drug-likeness (QED) is 0.224. The third-order valence-electron chi connectivity index (χ3n) is 8.83. The fraction of sp³-hybridized carbons (Fsp3) is 0.0750. The third-order valence-corrected chi connectivity index (χ3v) is 8.83. The Morgan fingerprint density at radius 2 is 1.12 bits per heavy atom. The fourth-order valence-electron chi connectivity index (χ4n) is 6.76. The fourth-order valence-corrected chi connectivity index (χ4v) is 6.76. The van der Waals surface area contributed by atoms with Gasteiger partial charge in [0.25, 0.3) is 0 Å². The molecule has 6 aromatic carbocycles. The lowest BCUT2D eigenvalue weighted by Crippen LogP contribution is -2.16. The molecule has 0 saturated heterocycles. The first-order valence-corrected chi connectivity index (χ1v) is 14.3. The average Bonchev–Trinajstić information content (AvgIpc) is 3.26. The summed E-state index contributed by atoms with van der Waals surface area (Å²) in [4.78, 5) is 5.20. The molecular weight excluding hydrogens is 494 g/mol. The molecule has 1 nitrogen and oxygen atoms in total. The number of para-hydroxylation sites is 1. The van der Waals surface area contributed by atoms with E-state index in [1.807, 2.05) is 0 Å². The lowest BCUT2D eigenvalue weighted by atomic mass is 9.78. The average molecular weight is 524 g/mol. The predicted molar refractivity (Wildman–Crippen MR) is 173 cm³/mol. The Labute approximate surface area is 240 Å². The summed E-state index contributed by atoms with van der Waals surface area (Å²) in [6.07, 6.45) is 0. The van der Waals surface area contributed by atoms with E-state index in [0.717, 1.165) is 11.2 Å². The normalized spacial score (nSPS) is 13.3. The Balaban J connectivity index is 1.24. The van der Waals surface area contributed by atoms with Gasteiger partial charge >= 0.3 is 0 Å². The summed E-state index contributed by atoms with van der Waals surface area (Å²) in [5, 5.41) is 3.74. The highest BCUT2D eigenvalue weighted by Crippen LogP contribution is 2.53. The second kappa shape index (κ2) is 9.01. The summed E-state index contributed by atoms with van der Waals surface area (Å²) >= 11 is 0. The van der Waals surface area contributed by atoms with Crippen molar-refractivity contribution in [2.45, 2.75) is 19.3 Å². The molecule has 0 aliphatic heterocycles. The Kier molecular flexibility index (Phi) is 5.24. The van der Waals surface area contributed by atoms with Crippen LogP contribution in [0.1, 0.15) is 25.0 Å². The molecule has 41 heavy (non-hydrogen) atoms. The number of hydrogen-bond donors (Lipinski definition) is 0. The second-order valence-electron chi connectivity index (χ2n) is 11.6. The molecule has 0 saturated carbocycles. The zero-order valence-electron chi connectivity index (χ0n) is 23.2. The molecule has 1 heteroatoms. The van der Waals surface area contributed by atoms with Gasteiger partial charge in [0.2, 0.25) is 0 Å². The van der Waals surface area contributed by atoms with Gasteiger partial charge in [0.05, 0.1) is 11.2 Å². The van der Waals surface area contributed by atoms with Gasteiger partial charge < -0.3 is 0 Å². The highest BCUT2D eigenvalue weighted by molar-refractivity contribution is 6.02. The van der Waals surface area contributed by atoms with Crippen molar-refractivity contribution in [3.8, 4) is 44.6 Å². The van der Waals surface area contributed by atoms with Crippen LogP contribution in [0.25, 0.3) is 66.3 Å². The van der Waals surface area contributed by atoms with Crippen LogP contribution in [0.2, 0.25) is 0 Å². The molecule has 1 aliphatic carbocycles. The molecule has 0 unspecified atom stereocenters. The zero-order chi connectivity index (χ0) is 27.6. The molecule has 0 spiro atoms. The number of pyridine rings is 1. The van der Waals surface area contributed by atoms with Crippen LogP contribution in [-0.2, 0) is 5.41 Å². The number of hydrogen-bond acceptors (Lipinski definition) is 1. The van der Waals surface area contributed by atoms with Gasteiger partial charge in [-0.1, -0.05) is 135 Å². The van der Waals surface area contributed by atoms with Gasteiger partial charge in [-0.05, 0) is 73.5 Å². The summed E-state index contributed by atoms with van der Waals surface area (Å²) in [6.45, 7) is 4.68. The molecule has 0 N–H and O–H groups in total. The molecule has 1 aromatic heterocycles. The molecule has 7 aromatic rings. The monoisotopic (exact) mass is 523 g/mol. The zero-order valence-corrected chi connectivity index (χ0v) is 23.2. The van der Waals surface area contributed by atoms with Crippen LogP contribution in [0.5, 0.6) is 0 Å². The van der Waals surface area contributed by atoms with Gasteiger partial charge in [-0.2, -0.15) is 0 Å². The van der Waals surface area contributed by atoms with Gasteiger partial charge in [0.15, 0.2) is 0 Å². The van der Waals surface area contributed by atoms with Crippen molar-refractivity contribution in [3.05, 3.63) is 151 Å². The van der Waals surface area contributed by atoms with Crippen molar-refractivity contribution in [1.29, 1.82) is 0 Å². The Morgan fingerprint density at radius 1 is 0.488 bits per heavy atom. The maximum atomic E-state index is 5.20. The van der Waals surface area contributed by atoms with Crippen molar-refractivity contribution in [2.75, 3.05) is 0 Å². The molecular formula is C40H29N. The van der Waals surface area contributed by atoms with E-state index >= 15 is 0 Å². The van der Waals surface area contributed by atoms with Crippen LogP contribution < -0.4 is 0 Å². The molecule has 1 aliphatic rings. The van der Waals surface area contributed by atoms with E-state index < -0.39 is 0 Å². The molecule has 8 rings (SSSR count). The van der Waals surface area contributed by atoms with Crippen LogP contribution in [0.15, 0.2) is 140 Å². The minimum atomic E-state index is -0.134. The van der Waals surface area contributed by atoms with Crippen molar-refractivity contribution in [3.63, 3.8) is 0 Å². The van der Waals surface area contributed by atoms with Gasteiger partial charge in [-0.3, -0.25) is 0 Å². The topological polar surface area (TPSA) is 12.9 Å². The number of nitrogens with zero attached hydrogens (tertiary/aromatic N) is 1. The van der Waals surface area contributed by atoms with Gasteiger partial charge in [0, 0.05) is 16.4 Å². The Bertz CT molecular complexity index is 2120. The van der Waals surface area contributed by atoms with Crippen LogP contribution in [0.4, 0.5) is 0 Å². The van der Waals surface area contributed by atoms with Crippen molar-refractivity contribution in [1.82, 2.24) is 4.98 Å². The lowest BCUT2D eigenvalue weighted by molar-refractivity contribution is 0.662. The summed E-state index contributed by atoms with van der Waals surface area (Å²) in [5.74, 6) is 0. The Hall–Kier alpha value is -5.01. The second-order valence-corrected chi connectivity index (χ2v) is 11.6. The summed E-state index contributed by atoms with van der Waals surface area (Å²) in [5.41, 5.74) is 13.4. The highest BCUT2D eigenvalue weighted by atomic mass is 14.7. The molecule has 194 valence electrons. The minimum Gasteiger partial charge on any atom is -0.247 e. The minimum absolute atomic E-state index is 0.134. The summed E-state index contributed by atoms with van der Waals surface area (Å²) in [7, 11) is 0. The molecule has 1 heterocycles. The molecule has 0 atom stereocenters. The number of benzene rings is 6. The van der Waals surface area contributed by atoms with E-state index in [-0.39, 0.29) is 5.41 Å². The van der Waals surface area contributed by atoms with E-state index in [0.29, 0.717) is 0 Å². The van der Waals surface area contributed by atoms with Crippen molar-refractivity contribution >= 4 is 21.7 Å². The number of aromatic nitrogens is 1. The first-order chi connectivity index (χ1) is 20.1. The SMILES string of the molecule is CC1(C)c2ccccc2-c2nc3ccccc3c(-c3ccc(-c4cccc(-c5ccc6ccccc6c5)c4)cc3)c21. The van der Waals surface area contributed by atoms with E-state index in [1.165, 1.54) is 66.2 Å². The maximum absolute atomic E-state index is 5.20. The van der Waals surface area contributed by atoms with E-state index in [9.17, 15) is 0 Å². The van der Waals surface area contributed by atoms with Crippen LogP contribution in [0.3, 0.4) is 0 Å². The summed E-state index contributed by atoms with van der Waals surface area (Å²) < 4.78 is 0. The van der Waals surface area contributed by atoms with E-state index in [4.69, 9.17) is 4.98 Å². The molecule has 0 radical (unpaired) electrons. The lowest BCUT2D eigenvalue weighted by Gasteiger charge is -2.25. The number of rotatable bonds is 3. The molecule has 0 fully saturated rings. The van der Waals surface area contributed by atoms with Gasteiger partial charge in [-0.25, -0.2) is 4.98 Å². The third kappa shape index (κ3) is 3.73.